The van der Waals surface area contributed by atoms with Crippen LogP contribution >= 0.6 is 11.6 Å². The summed E-state index contributed by atoms with van der Waals surface area (Å²) in [7, 11) is 0. The lowest BCUT2D eigenvalue weighted by Gasteiger charge is -2.12. The molecule has 0 amide bonds. The molecule has 2 aromatic rings. The molecule has 2 aromatic carbocycles. The molecule has 31 heavy (non-hydrogen) atoms. The second kappa shape index (κ2) is 13.8. The number of benzene rings is 2. The summed E-state index contributed by atoms with van der Waals surface area (Å²) in [5.41, 5.74) is 15.8. The summed E-state index contributed by atoms with van der Waals surface area (Å²) >= 11 is 5.91. The summed E-state index contributed by atoms with van der Waals surface area (Å²) < 4.78 is 9.69. The molecule has 0 unspecified atom stereocenters. The largest absolute Gasteiger partial charge is 0.466 e. The minimum Gasteiger partial charge on any atom is -0.466 e. The van der Waals surface area contributed by atoms with Crippen molar-refractivity contribution in [2.45, 2.75) is 52.6 Å². The normalized spacial score (nSPS) is 12.2. The van der Waals surface area contributed by atoms with E-state index in [2.05, 4.69) is 0 Å². The number of esters is 2. The zero-order chi connectivity index (χ0) is 23.4. The third kappa shape index (κ3) is 9.96. The van der Waals surface area contributed by atoms with Crippen LogP contribution in [0.5, 0.6) is 0 Å². The number of ether oxygens (including phenoxy) is 2. The molecular weight excluding hydrogens is 416 g/mol. The van der Waals surface area contributed by atoms with Crippen LogP contribution in [0.2, 0.25) is 5.02 Å². The Morgan fingerprint density at radius 1 is 0.871 bits per heavy atom. The molecule has 0 fully saturated rings. The molecule has 0 aliphatic heterocycles. The molecule has 0 saturated carbocycles. The molecule has 0 bridgehead atoms. The average molecular weight is 449 g/mol. The molecule has 0 heterocycles. The minimum absolute atomic E-state index is 0.189. The van der Waals surface area contributed by atoms with Crippen molar-refractivity contribution in [1.82, 2.24) is 0 Å². The van der Waals surface area contributed by atoms with Crippen molar-refractivity contribution in [1.29, 1.82) is 0 Å². The number of hydrogen-bond acceptors (Lipinski definition) is 6. The molecule has 170 valence electrons. The lowest BCUT2D eigenvalue weighted by molar-refractivity contribution is -0.144. The van der Waals surface area contributed by atoms with Gasteiger partial charge in [0.2, 0.25) is 0 Å². The zero-order valence-electron chi connectivity index (χ0n) is 18.7. The monoisotopic (exact) mass is 448 g/mol. The first-order valence-electron chi connectivity index (χ1n) is 10.3. The summed E-state index contributed by atoms with van der Waals surface area (Å²) in [6.07, 6.45) is 0.423. The summed E-state index contributed by atoms with van der Waals surface area (Å²) in [5, 5.41) is 0.701. The molecule has 7 heteroatoms. The van der Waals surface area contributed by atoms with E-state index < -0.39 is 0 Å². The molecule has 4 N–H and O–H groups in total. The molecule has 0 aliphatic rings. The second-order valence-corrected chi connectivity index (χ2v) is 7.56. The molecule has 0 spiro atoms. The number of carbonyl (C=O) groups excluding carboxylic acids is 2. The Labute approximate surface area is 189 Å². The highest BCUT2D eigenvalue weighted by Crippen LogP contribution is 2.21. The van der Waals surface area contributed by atoms with E-state index in [1.165, 1.54) is 0 Å². The number of aryl methyl sites for hydroxylation is 2. The van der Waals surface area contributed by atoms with Gasteiger partial charge in [0.15, 0.2) is 0 Å². The Bertz CT molecular complexity index is 857. The van der Waals surface area contributed by atoms with Gasteiger partial charge >= 0.3 is 11.9 Å². The first kappa shape index (κ1) is 26.6. The third-order valence-electron chi connectivity index (χ3n) is 4.46. The topological polar surface area (TPSA) is 105 Å². The van der Waals surface area contributed by atoms with E-state index in [1.54, 1.807) is 19.9 Å². The van der Waals surface area contributed by atoms with Gasteiger partial charge in [-0.1, -0.05) is 53.6 Å². The van der Waals surface area contributed by atoms with Crippen LogP contribution in [0.4, 0.5) is 0 Å². The number of halogens is 1. The van der Waals surface area contributed by atoms with Crippen molar-refractivity contribution in [3.63, 3.8) is 0 Å². The first-order chi connectivity index (χ1) is 14.7. The molecule has 0 saturated heterocycles. The number of nitrogens with two attached hydrogens (primary N) is 2. The molecular formula is C24H33ClN2O4. The Kier molecular flexibility index (Phi) is 11.9. The van der Waals surface area contributed by atoms with E-state index in [0.717, 1.165) is 22.3 Å². The predicted molar refractivity (Wildman–Crippen MR) is 124 cm³/mol. The first-order valence-corrected chi connectivity index (χ1v) is 10.7. The van der Waals surface area contributed by atoms with Gasteiger partial charge in [0.1, 0.15) is 0 Å². The maximum Gasteiger partial charge on any atom is 0.307 e. The van der Waals surface area contributed by atoms with E-state index in [0.29, 0.717) is 18.2 Å². The van der Waals surface area contributed by atoms with Crippen molar-refractivity contribution < 1.29 is 19.1 Å². The van der Waals surface area contributed by atoms with Gasteiger partial charge in [-0.05, 0) is 50.5 Å². The van der Waals surface area contributed by atoms with Crippen LogP contribution in [0.15, 0.2) is 42.5 Å². The Hall–Kier alpha value is -2.41. The van der Waals surface area contributed by atoms with Crippen LogP contribution in [0.1, 0.15) is 61.0 Å². The average Bonchev–Trinajstić information content (AvgIpc) is 2.70. The highest BCUT2D eigenvalue weighted by Gasteiger charge is 2.13. The molecule has 2 rings (SSSR count). The zero-order valence-corrected chi connectivity index (χ0v) is 19.4. The van der Waals surface area contributed by atoms with Gasteiger partial charge in [-0.2, -0.15) is 0 Å². The summed E-state index contributed by atoms with van der Waals surface area (Å²) in [6, 6.07) is 12.8. The van der Waals surface area contributed by atoms with Crippen molar-refractivity contribution in [3.05, 3.63) is 69.7 Å². The minimum atomic E-state index is -0.338. The number of carbonyl (C=O) groups is 2. The van der Waals surface area contributed by atoms with E-state index in [9.17, 15) is 9.59 Å². The Morgan fingerprint density at radius 2 is 1.39 bits per heavy atom. The van der Waals surface area contributed by atoms with Crippen molar-refractivity contribution in [2.24, 2.45) is 11.5 Å². The molecule has 0 radical (unpaired) electrons. The summed E-state index contributed by atoms with van der Waals surface area (Å²) in [4.78, 5) is 22.5. The highest BCUT2D eigenvalue weighted by molar-refractivity contribution is 6.31. The highest BCUT2D eigenvalue weighted by atomic mass is 35.5. The van der Waals surface area contributed by atoms with Gasteiger partial charge in [-0.25, -0.2) is 0 Å². The smallest absolute Gasteiger partial charge is 0.307 e. The maximum atomic E-state index is 11.3. The van der Waals surface area contributed by atoms with Crippen LogP contribution < -0.4 is 11.5 Å². The predicted octanol–water partition coefficient (Wildman–Crippen LogP) is 4.55. The summed E-state index contributed by atoms with van der Waals surface area (Å²) in [6.45, 7) is 8.25. The molecule has 0 aromatic heterocycles. The van der Waals surface area contributed by atoms with Crippen molar-refractivity contribution in [2.75, 3.05) is 13.2 Å². The third-order valence-corrected chi connectivity index (χ3v) is 4.89. The second-order valence-electron chi connectivity index (χ2n) is 7.15. The SMILES string of the molecule is CCOC(=O)C[C@H](N)c1ccc(Cl)c(C)c1.CCOC(=O)C[C@H](N)c1cccc(C)c1. The molecule has 6 nitrogen and oxygen atoms in total. The van der Waals surface area contributed by atoms with Crippen LogP contribution in [0, 0.1) is 13.8 Å². The number of hydrogen-bond donors (Lipinski definition) is 2. The lowest BCUT2D eigenvalue weighted by atomic mass is 10.0. The fourth-order valence-corrected chi connectivity index (χ4v) is 2.95. The van der Waals surface area contributed by atoms with Crippen LogP contribution in [-0.2, 0) is 19.1 Å². The van der Waals surface area contributed by atoms with E-state index in [1.807, 2.05) is 50.2 Å². The van der Waals surface area contributed by atoms with Crippen LogP contribution in [0.25, 0.3) is 0 Å². The number of rotatable bonds is 8. The summed E-state index contributed by atoms with van der Waals surface area (Å²) in [5.74, 6) is -0.519. The van der Waals surface area contributed by atoms with Crippen molar-refractivity contribution >= 4 is 23.5 Å². The van der Waals surface area contributed by atoms with Gasteiger partial charge in [0, 0.05) is 17.1 Å². The van der Waals surface area contributed by atoms with E-state index >= 15 is 0 Å². The molecule has 2 atom stereocenters. The van der Waals surface area contributed by atoms with Crippen LogP contribution in [-0.4, -0.2) is 25.2 Å². The van der Waals surface area contributed by atoms with Gasteiger partial charge in [0.05, 0.1) is 26.1 Å². The fourth-order valence-electron chi connectivity index (χ4n) is 2.83. The molecule has 0 aliphatic carbocycles. The standard InChI is InChI=1S/C12H16ClNO2.C12H17NO2/c1-3-16-12(15)7-11(14)9-4-5-10(13)8(2)6-9;1-3-15-12(14)8-11(13)10-6-4-5-9(2)7-10/h4-6,11H,3,7,14H2,1-2H3;4-7,11H,3,8,13H2,1-2H3/t2*11-/m00/s1. The van der Waals surface area contributed by atoms with Gasteiger partial charge in [0.25, 0.3) is 0 Å². The quantitative estimate of drug-likeness (QED) is 0.574. The lowest BCUT2D eigenvalue weighted by Crippen LogP contribution is -2.17. The van der Waals surface area contributed by atoms with Crippen LogP contribution in [0.3, 0.4) is 0 Å². The maximum absolute atomic E-state index is 11.3. The van der Waals surface area contributed by atoms with E-state index in [4.69, 9.17) is 32.5 Å². The Morgan fingerprint density at radius 3 is 1.84 bits per heavy atom. The van der Waals surface area contributed by atoms with Gasteiger partial charge in [-0.3, -0.25) is 9.59 Å². The van der Waals surface area contributed by atoms with Gasteiger partial charge < -0.3 is 20.9 Å². The van der Waals surface area contributed by atoms with E-state index in [-0.39, 0.29) is 36.9 Å². The fraction of sp³-hybridized carbons (Fsp3) is 0.417. The Balaban J connectivity index is 0.000000311. The van der Waals surface area contributed by atoms with Crippen molar-refractivity contribution in [3.8, 4) is 0 Å². The van der Waals surface area contributed by atoms with Gasteiger partial charge in [-0.15, -0.1) is 0 Å².